The molecule has 1 aromatic carbocycles. The maximum Gasteiger partial charge on any atom is 0.296 e. The van der Waals surface area contributed by atoms with E-state index in [1.54, 1.807) is 18.2 Å². The summed E-state index contributed by atoms with van der Waals surface area (Å²) in [7, 11) is 0. The number of anilines is 1. The summed E-state index contributed by atoms with van der Waals surface area (Å²) < 4.78 is 0. The van der Waals surface area contributed by atoms with Gasteiger partial charge in [0.2, 0.25) is 0 Å². The van der Waals surface area contributed by atoms with Crippen LogP contribution >= 0.6 is 0 Å². The first kappa shape index (κ1) is 11.9. The van der Waals surface area contributed by atoms with Crippen molar-refractivity contribution in [1.29, 1.82) is 0 Å². The number of rotatable bonds is 4. The minimum Gasteiger partial charge on any atom is -0.318 e. The molecular weight excluding hydrogens is 232 g/mol. The van der Waals surface area contributed by atoms with Crippen LogP contribution < -0.4 is 5.32 Å². The highest BCUT2D eigenvalue weighted by molar-refractivity contribution is 6.51. The summed E-state index contributed by atoms with van der Waals surface area (Å²) in [6.45, 7) is 0.410. The molecule has 0 aromatic heterocycles. The molecule has 1 heterocycles. The van der Waals surface area contributed by atoms with Crippen LogP contribution in [-0.2, 0) is 4.79 Å². The van der Waals surface area contributed by atoms with E-state index in [4.69, 9.17) is 5.53 Å². The summed E-state index contributed by atoms with van der Waals surface area (Å²) >= 11 is 0. The molecule has 0 radical (unpaired) electrons. The minimum absolute atomic E-state index is 0.409. The molecule has 1 aliphatic heterocycles. The molecule has 0 aliphatic carbocycles. The molecule has 2 rings (SSSR count). The lowest BCUT2D eigenvalue weighted by Crippen LogP contribution is -2.12. The fourth-order valence-electron chi connectivity index (χ4n) is 1.66. The zero-order chi connectivity index (χ0) is 13.0. The first-order valence-electron chi connectivity index (χ1n) is 5.39. The number of hydrogen-bond acceptors (Lipinski definition) is 3. The molecule has 0 spiro atoms. The van der Waals surface area contributed by atoms with Crippen molar-refractivity contribution in [3.05, 3.63) is 45.8 Å². The molecular formula is C12H10N4O2. The maximum atomic E-state index is 11.4. The first-order valence-corrected chi connectivity index (χ1v) is 5.39. The van der Waals surface area contributed by atoms with Gasteiger partial charge in [0.15, 0.2) is 0 Å². The molecule has 0 bridgehead atoms. The second kappa shape index (κ2) is 5.16. The zero-order valence-electron chi connectivity index (χ0n) is 9.46. The standard InChI is InChI=1S/C12H10N4O2/c13-16-14-6-2-1-3-8-4-5-9-10(7-8)15-12(18)11(9)17/h1,3-5,7H,2,6H2,(H,15,17,18). The monoisotopic (exact) mass is 242 g/mol. The summed E-state index contributed by atoms with van der Waals surface area (Å²) in [4.78, 5) is 25.2. The van der Waals surface area contributed by atoms with E-state index in [0.29, 0.717) is 24.2 Å². The molecule has 1 aromatic rings. The third-order valence-corrected chi connectivity index (χ3v) is 2.51. The smallest absolute Gasteiger partial charge is 0.296 e. The summed E-state index contributed by atoms with van der Waals surface area (Å²) in [5.74, 6) is -1.08. The van der Waals surface area contributed by atoms with E-state index in [1.807, 2.05) is 12.2 Å². The second-order valence-corrected chi connectivity index (χ2v) is 3.73. The van der Waals surface area contributed by atoms with Crippen LogP contribution in [0.4, 0.5) is 5.69 Å². The molecule has 6 heteroatoms. The highest BCUT2D eigenvalue weighted by Gasteiger charge is 2.27. The lowest BCUT2D eigenvalue weighted by Gasteiger charge is -1.98. The number of ketones is 1. The normalized spacial score (nSPS) is 13.3. The highest BCUT2D eigenvalue weighted by Crippen LogP contribution is 2.24. The van der Waals surface area contributed by atoms with Crippen molar-refractivity contribution >= 4 is 23.5 Å². The Kier molecular flexibility index (Phi) is 3.41. The van der Waals surface area contributed by atoms with Gasteiger partial charge in [0.1, 0.15) is 0 Å². The fourth-order valence-corrected chi connectivity index (χ4v) is 1.66. The number of carbonyl (C=O) groups excluding carboxylic acids is 2. The Balaban J connectivity index is 2.09. The van der Waals surface area contributed by atoms with Crippen molar-refractivity contribution in [2.45, 2.75) is 6.42 Å². The first-order chi connectivity index (χ1) is 8.72. The van der Waals surface area contributed by atoms with Crippen LogP contribution in [0.25, 0.3) is 16.5 Å². The van der Waals surface area contributed by atoms with E-state index in [-0.39, 0.29) is 0 Å². The number of carbonyl (C=O) groups is 2. The van der Waals surface area contributed by atoms with Gasteiger partial charge in [-0.1, -0.05) is 23.3 Å². The predicted molar refractivity (Wildman–Crippen MR) is 67.1 cm³/mol. The Bertz CT molecular complexity index is 586. The highest BCUT2D eigenvalue weighted by atomic mass is 16.2. The van der Waals surface area contributed by atoms with Crippen LogP contribution in [0.2, 0.25) is 0 Å². The average Bonchev–Trinajstić information content (AvgIpc) is 2.65. The molecule has 18 heavy (non-hydrogen) atoms. The molecule has 0 unspecified atom stereocenters. The van der Waals surface area contributed by atoms with E-state index in [1.165, 1.54) is 0 Å². The van der Waals surface area contributed by atoms with Gasteiger partial charge in [-0.3, -0.25) is 9.59 Å². The van der Waals surface area contributed by atoms with Crippen LogP contribution in [0, 0.1) is 0 Å². The molecule has 1 N–H and O–H groups in total. The third kappa shape index (κ3) is 2.39. The van der Waals surface area contributed by atoms with Crippen LogP contribution in [0.3, 0.4) is 0 Å². The van der Waals surface area contributed by atoms with Crippen LogP contribution in [0.5, 0.6) is 0 Å². The number of hydrogen-bond donors (Lipinski definition) is 1. The van der Waals surface area contributed by atoms with Crippen molar-refractivity contribution < 1.29 is 9.59 Å². The Morgan fingerprint density at radius 2 is 2.22 bits per heavy atom. The third-order valence-electron chi connectivity index (χ3n) is 2.51. The van der Waals surface area contributed by atoms with Crippen LogP contribution in [0.15, 0.2) is 29.4 Å². The summed E-state index contributed by atoms with van der Waals surface area (Å²) in [5, 5.41) is 5.92. The van der Waals surface area contributed by atoms with Crippen molar-refractivity contribution in [2.24, 2.45) is 5.11 Å². The van der Waals surface area contributed by atoms with Crippen LogP contribution in [-0.4, -0.2) is 18.2 Å². The van der Waals surface area contributed by atoms with Crippen molar-refractivity contribution in [3.63, 3.8) is 0 Å². The largest absolute Gasteiger partial charge is 0.318 e. The molecule has 0 saturated carbocycles. The molecule has 1 amide bonds. The quantitative estimate of drug-likeness (QED) is 0.288. The van der Waals surface area contributed by atoms with Crippen molar-refractivity contribution in [3.8, 4) is 0 Å². The lowest BCUT2D eigenvalue weighted by atomic mass is 10.1. The summed E-state index contributed by atoms with van der Waals surface area (Å²) in [6.07, 6.45) is 4.36. The van der Waals surface area contributed by atoms with Gasteiger partial charge in [0.05, 0.1) is 11.3 Å². The number of benzene rings is 1. The number of fused-ring (bicyclic) bond motifs is 1. The summed E-state index contributed by atoms with van der Waals surface area (Å²) in [5.41, 5.74) is 9.93. The molecule has 90 valence electrons. The molecule has 1 aliphatic rings. The SMILES string of the molecule is [N-]=[N+]=NCCC=Cc1ccc2c(c1)NC(=O)C2=O. The number of Topliss-reactive ketones (excluding diaryl/α,β-unsaturated/α-hetero) is 1. The number of amides is 1. The second-order valence-electron chi connectivity index (χ2n) is 3.73. The Labute approximate surface area is 103 Å². The Hall–Kier alpha value is -2.59. The molecule has 6 nitrogen and oxygen atoms in total. The number of azide groups is 1. The van der Waals surface area contributed by atoms with Gasteiger partial charge in [0.25, 0.3) is 11.7 Å². The number of nitrogens with one attached hydrogen (secondary N) is 1. The fraction of sp³-hybridized carbons (Fsp3) is 0.167. The maximum absolute atomic E-state index is 11.4. The van der Waals surface area contributed by atoms with Crippen molar-refractivity contribution in [2.75, 3.05) is 11.9 Å². The van der Waals surface area contributed by atoms with Gasteiger partial charge in [-0.15, -0.1) is 0 Å². The predicted octanol–water partition coefficient (Wildman–Crippen LogP) is 2.54. The molecule has 0 saturated heterocycles. The average molecular weight is 242 g/mol. The topological polar surface area (TPSA) is 94.9 Å². The van der Waals surface area contributed by atoms with E-state index >= 15 is 0 Å². The van der Waals surface area contributed by atoms with E-state index in [9.17, 15) is 9.59 Å². The lowest BCUT2D eigenvalue weighted by molar-refractivity contribution is -0.112. The van der Waals surface area contributed by atoms with Gasteiger partial charge >= 0.3 is 0 Å². The minimum atomic E-state index is -0.588. The molecule has 0 atom stereocenters. The Morgan fingerprint density at radius 3 is 3.00 bits per heavy atom. The summed E-state index contributed by atoms with van der Waals surface area (Å²) in [6, 6.07) is 5.13. The van der Waals surface area contributed by atoms with E-state index < -0.39 is 11.7 Å². The van der Waals surface area contributed by atoms with E-state index in [0.717, 1.165) is 5.56 Å². The van der Waals surface area contributed by atoms with Gasteiger partial charge in [-0.25, -0.2) is 0 Å². The van der Waals surface area contributed by atoms with Gasteiger partial charge in [0, 0.05) is 11.5 Å². The zero-order valence-corrected chi connectivity index (χ0v) is 9.46. The van der Waals surface area contributed by atoms with Crippen molar-refractivity contribution in [1.82, 2.24) is 0 Å². The van der Waals surface area contributed by atoms with Gasteiger partial charge < -0.3 is 5.32 Å². The van der Waals surface area contributed by atoms with Crippen LogP contribution in [0.1, 0.15) is 22.3 Å². The van der Waals surface area contributed by atoms with E-state index in [2.05, 4.69) is 15.3 Å². The Morgan fingerprint density at radius 1 is 1.39 bits per heavy atom. The van der Waals surface area contributed by atoms with Gasteiger partial charge in [-0.2, -0.15) is 0 Å². The molecule has 0 fully saturated rings. The number of nitrogens with zero attached hydrogens (tertiary/aromatic N) is 3. The van der Waals surface area contributed by atoms with Gasteiger partial charge in [-0.05, 0) is 29.6 Å².